The van der Waals surface area contributed by atoms with Gasteiger partial charge in [-0.05, 0) is 54.5 Å². The van der Waals surface area contributed by atoms with Crippen LogP contribution in [0.25, 0.3) is 5.57 Å². The number of ether oxygens (including phenoxy) is 2. The minimum absolute atomic E-state index is 0.00817. The molecule has 0 aliphatic carbocycles. The molecule has 2 heterocycles. The zero-order chi connectivity index (χ0) is 26.6. The van der Waals surface area contributed by atoms with Gasteiger partial charge in [0.2, 0.25) is 11.8 Å². The lowest BCUT2D eigenvalue weighted by molar-refractivity contribution is -0.121. The zero-order valence-electron chi connectivity index (χ0n) is 20.9. The number of nitrogens with one attached hydrogen (secondary N) is 2. The van der Waals surface area contributed by atoms with Crippen molar-refractivity contribution in [1.82, 2.24) is 5.32 Å². The van der Waals surface area contributed by atoms with E-state index in [1.165, 1.54) is 6.08 Å². The van der Waals surface area contributed by atoms with Crippen molar-refractivity contribution in [1.29, 1.82) is 0 Å². The Balaban J connectivity index is 1.58. The molecule has 2 aliphatic rings. The standard InChI is InChI=1S/C30H28Cl2N2O4/c1-18-8-9-26(38-23-10-12-37-13-11-23)25(14-18)29-28(30(36)33-22-7-3-6-21(32)16-22)24(17-27(35)34-29)19-4-2-5-20(31)15-19/h2-9,14-17,23,28-29H,10-13H2,1H3,(H,33,36)(H,34,35). The third-order valence-electron chi connectivity index (χ3n) is 6.75. The Labute approximate surface area is 231 Å². The average Bonchev–Trinajstić information content (AvgIpc) is 2.90. The highest BCUT2D eigenvalue weighted by Gasteiger charge is 2.39. The quantitative estimate of drug-likeness (QED) is 0.374. The molecular weight excluding hydrogens is 523 g/mol. The summed E-state index contributed by atoms with van der Waals surface area (Å²) in [4.78, 5) is 27.0. The molecule has 3 aromatic rings. The fourth-order valence-electron chi connectivity index (χ4n) is 4.95. The molecule has 38 heavy (non-hydrogen) atoms. The van der Waals surface area contributed by atoms with Gasteiger partial charge in [-0.3, -0.25) is 9.59 Å². The number of aryl methyl sites for hydroxylation is 1. The third-order valence-corrected chi connectivity index (χ3v) is 7.22. The molecule has 0 aromatic heterocycles. The molecule has 5 rings (SSSR count). The third kappa shape index (κ3) is 6.04. The van der Waals surface area contributed by atoms with E-state index >= 15 is 0 Å². The molecule has 2 unspecified atom stereocenters. The Kier molecular flexibility index (Phi) is 8.03. The van der Waals surface area contributed by atoms with Crippen LogP contribution >= 0.6 is 23.2 Å². The van der Waals surface area contributed by atoms with Gasteiger partial charge in [-0.1, -0.05) is 59.1 Å². The first kappa shape index (κ1) is 26.3. The van der Waals surface area contributed by atoms with Crippen LogP contribution in [0.5, 0.6) is 5.75 Å². The number of halogens is 2. The first-order valence-electron chi connectivity index (χ1n) is 12.6. The van der Waals surface area contributed by atoms with Gasteiger partial charge in [0.05, 0.1) is 25.2 Å². The zero-order valence-corrected chi connectivity index (χ0v) is 22.4. The van der Waals surface area contributed by atoms with E-state index in [0.717, 1.165) is 24.0 Å². The van der Waals surface area contributed by atoms with E-state index in [9.17, 15) is 9.59 Å². The maximum Gasteiger partial charge on any atom is 0.244 e. The number of rotatable bonds is 6. The van der Waals surface area contributed by atoms with E-state index in [0.29, 0.717) is 45.8 Å². The van der Waals surface area contributed by atoms with Gasteiger partial charge in [-0.15, -0.1) is 0 Å². The van der Waals surface area contributed by atoms with E-state index in [-0.39, 0.29) is 17.9 Å². The summed E-state index contributed by atoms with van der Waals surface area (Å²) < 4.78 is 11.9. The largest absolute Gasteiger partial charge is 0.490 e. The predicted octanol–water partition coefficient (Wildman–Crippen LogP) is 6.37. The molecule has 3 aromatic carbocycles. The summed E-state index contributed by atoms with van der Waals surface area (Å²) >= 11 is 12.5. The fraction of sp³-hybridized carbons (Fsp3) is 0.267. The summed E-state index contributed by atoms with van der Waals surface area (Å²) in [6.07, 6.45) is 3.01. The van der Waals surface area contributed by atoms with Gasteiger partial charge in [-0.2, -0.15) is 0 Å². The van der Waals surface area contributed by atoms with Gasteiger partial charge in [0.25, 0.3) is 0 Å². The number of benzene rings is 3. The highest BCUT2D eigenvalue weighted by atomic mass is 35.5. The van der Waals surface area contributed by atoms with Crippen molar-refractivity contribution in [3.8, 4) is 5.75 Å². The summed E-state index contributed by atoms with van der Waals surface area (Å²) in [6.45, 7) is 3.25. The number of anilines is 1. The molecule has 0 spiro atoms. The van der Waals surface area contributed by atoms with Gasteiger partial charge < -0.3 is 20.1 Å². The summed E-state index contributed by atoms with van der Waals surface area (Å²) in [7, 11) is 0. The van der Waals surface area contributed by atoms with E-state index < -0.39 is 12.0 Å². The molecule has 0 radical (unpaired) electrons. The van der Waals surface area contributed by atoms with Crippen LogP contribution in [0, 0.1) is 12.8 Å². The lowest BCUT2D eigenvalue weighted by Crippen LogP contribution is -2.43. The first-order valence-corrected chi connectivity index (χ1v) is 13.3. The minimum atomic E-state index is -0.774. The lowest BCUT2D eigenvalue weighted by atomic mass is 9.79. The molecule has 2 amide bonds. The smallest absolute Gasteiger partial charge is 0.244 e. The number of amides is 2. The number of hydrogen-bond donors (Lipinski definition) is 2. The van der Waals surface area contributed by atoms with E-state index in [2.05, 4.69) is 10.6 Å². The minimum Gasteiger partial charge on any atom is -0.490 e. The summed E-state index contributed by atoms with van der Waals surface area (Å²) in [5.74, 6) is -0.720. The SMILES string of the molecule is Cc1ccc(OC2CCOCC2)c(C2NC(=O)C=C(c3cccc(Cl)c3)C2C(=O)Nc2cccc(Cl)c2)c1. The van der Waals surface area contributed by atoms with E-state index in [1.807, 2.05) is 31.2 Å². The highest BCUT2D eigenvalue weighted by molar-refractivity contribution is 6.31. The maximum absolute atomic E-state index is 14.0. The van der Waals surface area contributed by atoms with Crippen molar-refractivity contribution in [2.75, 3.05) is 18.5 Å². The molecule has 6 nitrogen and oxygen atoms in total. The summed E-state index contributed by atoms with van der Waals surface area (Å²) in [5.41, 5.74) is 3.55. The molecular formula is C30H28Cl2N2O4. The Hall–Kier alpha value is -3.32. The van der Waals surface area contributed by atoms with Gasteiger partial charge in [0.1, 0.15) is 11.9 Å². The average molecular weight is 551 g/mol. The van der Waals surface area contributed by atoms with Crippen LogP contribution in [0.3, 0.4) is 0 Å². The Bertz CT molecular complexity index is 1380. The van der Waals surface area contributed by atoms with Crippen molar-refractivity contribution in [2.24, 2.45) is 5.92 Å². The van der Waals surface area contributed by atoms with Crippen LogP contribution in [0.4, 0.5) is 5.69 Å². The van der Waals surface area contributed by atoms with Crippen LogP contribution < -0.4 is 15.4 Å². The molecule has 2 N–H and O–H groups in total. The Morgan fingerprint density at radius 1 is 1.00 bits per heavy atom. The second-order valence-corrected chi connectivity index (χ2v) is 10.4. The van der Waals surface area contributed by atoms with Gasteiger partial charge >= 0.3 is 0 Å². The van der Waals surface area contributed by atoms with Gasteiger partial charge in [0.15, 0.2) is 0 Å². The number of carbonyl (C=O) groups is 2. The fourth-order valence-corrected chi connectivity index (χ4v) is 5.33. The van der Waals surface area contributed by atoms with Crippen molar-refractivity contribution in [3.05, 3.63) is 99.5 Å². The molecule has 1 saturated heterocycles. The van der Waals surface area contributed by atoms with Crippen LogP contribution in [0.2, 0.25) is 10.0 Å². The molecule has 0 bridgehead atoms. The van der Waals surface area contributed by atoms with Crippen molar-refractivity contribution >= 4 is 46.3 Å². The van der Waals surface area contributed by atoms with E-state index in [1.54, 1.807) is 42.5 Å². The van der Waals surface area contributed by atoms with Crippen LogP contribution in [-0.2, 0) is 14.3 Å². The van der Waals surface area contributed by atoms with E-state index in [4.69, 9.17) is 32.7 Å². The van der Waals surface area contributed by atoms with Crippen molar-refractivity contribution in [3.63, 3.8) is 0 Å². The topological polar surface area (TPSA) is 76.7 Å². The summed E-state index contributed by atoms with van der Waals surface area (Å²) in [5, 5.41) is 7.05. The van der Waals surface area contributed by atoms with Crippen molar-refractivity contribution < 1.29 is 19.1 Å². The Morgan fingerprint density at radius 3 is 2.47 bits per heavy atom. The second kappa shape index (κ2) is 11.6. The normalized spacial score (nSPS) is 19.9. The van der Waals surface area contributed by atoms with Gasteiger partial charge in [0, 0.05) is 40.2 Å². The molecule has 2 atom stereocenters. The van der Waals surface area contributed by atoms with Crippen LogP contribution in [0.15, 0.2) is 72.8 Å². The molecule has 196 valence electrons. The predicted molar refractivity (Wildman–Crippen MR) is 150 cm³/mol. The number of hydrogen-bond acceptors (Lipinski definition) is 4. The Morgan fingerprint density at radius 2 is 1.74 bits per heavy atom. The second-order valence-electron chi connectivity index (χ2n) is 9.54. The lowest BCUT2D eigenvalue weighted by Gasteiger charge is -2.35. The molecule has 1 fully saturated rings. The monoisotopic (exact) mass is 550 g/mol. The van der Waals surface area contributed by atoms with Crippen LogP contribution in [0.1, 0.15) is 35.6 Å². The highest BCUT2D eigenvalue weighted by Crippen LogP contribution is 2.42. The van der Waals surface area contributed by atoms with Crippen LogP contribution in [-0.4, -0.2) is 31.1 Å². The molecule has 0 saturated carbocycles. The maximum atomic E-state index is 14.0. The first-order chi connectivity index (χ1) is 18.4. The molecule has 2 aliphatic heterocycles. The number of carbonyl (C=O) groups excluding carboxylic acids is 2. The summed E-state index contributed by atoms with van der Waals surface area (Å²) in [6, 6.07) is 19.3. The van der Waals surface area contributed by atoms with Gasteiger partial charge in [-0.25, -0.2) is 0 Å². The van der Waals surface area contributed by atoms with Crippen molar-refractivity contribution in [2.45, 2.75) is 31.9 Å². The molecule has 8 heteroatoms.